The van der Waals surface area contributed by atoms with E-state index >= 15 is 0 Å². The molecule has 1 N–H and O–H groups in total. The zero-order valence-corrected chi connectivity index (χ0v) is 13.7. The fourth-order valence-electron chi connectivity index (χ4n) is 3.33. The monoisotopic (exact) mass is 347 g/mol. The Morgan fingerprint density at radius 3 is 2.44 bits per heavy atom. The van der Waals surface area contributed by atoms with Crippen LogP contribution < -0.4 is 0 Å². The highest BCUT2D eigenvalue weighted by Gasteiger charge is 2.17. The Hall–Kier alpha value is -2.98. The van der Waals surface area contributed by atoms with Crippen LogP contribution in [0.3, 0.4) is 0 Å². The fourth-order valence-corrected chi connectivity index (χ4v) is 3.58. The molecule has 0 aliphatic heterocycles. The van der Waals surface area contributed by atoms with Gasteiger partial charge in [-0.25, -0.2) is 9.37 Å². The summed E-state index contributed by atoms with van der Waals surface area (Å²) in [4.78, 5) is 12.4. The SMILES string of the molecule is Fc1cccc(Cl)c1-c1nc2c3ccccc3c3cccnc3c2[nH]1. The number of aromatic nitrogens is 3. The van der Waals surface area contributed by atoms with Crippen molar-refractivity contribution in [1.82, 2.24) is 15.0 Å². The Balaban J connectivity index is 1.98. The van der Waals surface area contributed by atoms with Crippen molar-refractivity contribution < 1.29 is 4.39 Å². The maximum absolute atomic E-state index is 14.3. The lowest BCUT2D eigenvalue weighted by atomic mass is 10.0. The number of pyridine rings is 1. The van der Waals surface area contributed by atoms with Crippen molar-refractivity contribution in [2.45, 2.75) is 0 Å². The number of hydrogen-bond acceptors (Lipinski definition) is 2. The second-order valence-corrected chi connectivity index (χ2v) is 6.26. The third-order valence-corrected chi connectivity index (χ3v) is 4.74. The number of rotatable bonds is 1. The number of nitrogens with one attached hydrogen (secondary N) is 1. The number of aromatic amines is 1. The average molecular weight is 348 g/mol. The van der Waals surface area contributed by atoms with Crippen LogP contribution in [0, 0.1) is 5.82 Å². The van der Waals surface area contributed by atoms with E-state index in [0.29, 0.717) is 10.8 Å². The normalized spacial score (nSPS) is 11.6. The predicted octanol–water partition coefficient (Wildman–Crippen LogP) is 5.72. The summed E-state index contributed by atoms with van der Waals surface area (Å²) in [5.74, 6) is -0.00506. The zero-order chi connectivity index (χ0) is 17.0. The van der Waals surface area contributed by atoms with Gasteiger partial charge in [0, 0.05) is 17.0 Å². The molecule has 0 radical (unpaired) electrons. The van der Waals surface area contributed by atoms with Crippen molar-refractivity contribution in [3.63, 3.8) is 0 Å². The standard InChI is InChI=1S/C20H11ClFN3/c21-14-8-3-9-15(22)16(14)20-24-18-13-6-2-1-5-11(13)12-7-4-10-23-17(12)19(18)25-20/h1-10H,(H,24,25). The smallest absolute Gasteiger partial charge is 0.143 e. The maximum Gasteiger partial charge on any atom is 0.143 e. The lowest BCUT2D eigenvalue weighted by Crippen LogP contribution is -1.87. The predicted molar refractivity (Wildman–Crippen MR) is 99.3 cm³/mol. The molecule has 5 aromatic rings. The molecule has 0 atom stereocenters. The van der Waals surface area contributed by atoms with Gasteiger partial charge in [0.25, 0.3) is 0 Å². The third-order valence-electron chi connectivity index (χ3n) is 4.42. The van der Waals surface area contributed by atoms with Crippen LogP contribution >= 0.6 is 11.6 Å². The van der Waals surface area contributed by atoms with Crippen LogP contribution in [-0.4, -0.2) is 15.0 Å². The first-order valence-corrected chi connectivity index (χ1v) is 8.21. The van der Waals surface area contributed by atoms with Gasteiger partial charge in [0.2, 0.25) is 0 Å². The molecule has 0 spiro atoms. The molecule has 0 saturated heterocycles. The summed E-state index contributed by atoms with van der Waals surface area (Å²) in [6.45, 7) is 0. The van der Waals surface area contributed by atoms with E-state index in [-0.39, 0.29) is 5.56 Å². The van der Waals surface area contributed by atoms with Gasteiger partial charge in [0.05, 0.1) is 27.1 Å². The number of hydrogen-bond donors (Lipinski definition) is 1. The van der Waals surface area contributed by atoms with Gasteiger partial charge in [-0.2, -0.15) is 0 Å². The first-order chi connectivity index (χ1) is 12.2. The minimum absolute atomic E-state index is 0.272. The van der Waals surface area contributed by atoms with Gasteiger partial charge in [0.15, 0.2) is 0 Å². The van der Waals surface area contributed by atoms with Crippen molar-refractivity contribution in [1.29, 1.82) is 0 Å². The lowest BCUT2D eigenvalue weighted by Gasteiger charge is -2.04. The van der Waals surface area contributed by atoms with Gasteiger partial charge in [-0.05, 0) is 23.6 Å². The number of halogens is 2. The van der Waals surface area contributed by atoms with Crippen LogP contribution in [0.5, 0.6) is 0 Å². The lowest BCUT2D eigenvalue weighted by molar-refractivity contribution is 0.630. The van der Waals surface area contributed by atoms with Crippen LogP contribution in [0.2, 0.25) is 5.02 Å². The third kappa shape index (κ3) is 2.04. The fraction of sp³-hybridized carbons (Fsp3) is 0. The van der Waals surface area contributed by atoms with Crippen molar-refractivity contribution in [3.05, 3.63) is 71.6 Å². The average Bonchev–Trinajstić information content (AvgIpc) is 3.07. The van der Waals surface area contributed by atoms with Gasteiger partial charge < -0.3 is 4.98 Å². The van der Waals surface area contributed by atoms with E-state index in [4.69, 9.17) is 11.6 Å². The van der Waals surface area contributed by atoms with Crippen LogP contribution in [0.15, 0.2) is 60.8 Å². The molecule has 3 aromatic carbocycles. The summed E-state index contributed by atoms with van der Waals surface area (Å²) in [7, 11) is 0. The Morgan fingerprint density at radius 1 is 0.840 bits per heavy atom. The Morgan fingerprint density at radius 2 is 1.60 bits per heavy atom. The molecule has 120 valence electrons. The second-order valence-electron chi connectivity index (χ2n) is 5.85. The van der Waals surface area contributed by atoms with Gasteiger partial charge in [-0.15, -0.1) is 0 Å². The van der Waals surface area contributed by atoms with E-state index in [0.717, 1.165) is 32.7 Å². The van der Waals surface area contributed by atoms with Crippen molar-refractivity contribution >= 4 is 44.3 Å². The number of H-pyrrole nitrogens is 1. The van der Waals surface area contributed by atoms with Gasteiger partial charge in [-0.3, -0.25) is 4.98 Å². The van der Waals surface area contributed by atoms with E-state index in [1.165, 1.54) is 6.07 Å². The van der Waals surface area contributed by atoms with Gasteiger partial charge in [0.1, 0.15) is 11.6 Å². The highest BCUT2D eigenvalue weighted by atomic mass is 35.5. The quantitative estimate of drug-likeness (QED) is 0.394. The summed E-state index contributed by atoms with van der Waals surface area (Å²) in [6.07, 6.45) is 1.74. The molecular weight excluding hydrogens is 337 g/mol. The van der Waals surface area contributed by atoms with Gasteiger partial charge >= 0.3 is 0 Å². The van der Waals surface area contributed by atoms with E-state index in [1.807, 2.05) is 36.4 Å². The summed E-state index contributed by atoms with van der Waals surface area (Å²) in [5, 5.41) is 3.41. The van der Waals surface area contributed by atoms with E-state index in [2.05, 4.69) is 15.0 Å². The Labute approximate surface area is 147 Å². The topological polar surface area (TPSA) is 41.6 Å². The van der Waals surface area contributed by atoms with E-state index < -0.39 is 5.82 Å². The molecular formula is C20H11ClFN3. The van der Waals surface area contributed by atoms with E-state index in [9.17, 15) is 4.39 Å². The van der Waals surface area contributed by atoms with Crippen LogP contribution in [0.4, 0.5) is 4.39 Å². The molecule has 0 aliphatic rings. The molecule has 0 saturated carbocycles. The largest absolute Gasteiger partial charge is 0.336 e. The summed E-state index contributed by atoms with van der Waals surface area (Å²) >= 11 is 6.21. The molecule has 2 aromatic heterocycles. The minimum atomic E-state index is -0.409. The molecule has 5 heteroatoms. The maximum atomic E-state index is 14.3. The van der Waals surface area contributed by atoms with Crippen LogP contribution in [0.25, 0.3) is 44.1 Å². The van der Waals surface area contributed by atoms with Crippen LogP contribution in [-0.2, 0) is 0 Å². The minimum Gasteiger partial charge on any atom is -0.336 e. The summed E-state index contributed by atoms with van der Waals surface area (Å²) < 4.78 is 14.3. The first kappa shape index (κ1) is 14.4. The highest BCUT2D eigenvalue weighted by Crippen LogP contribution is 2.36. The number of benzene rings is 3. The van der Waals surface area contributed by atoms with Crippen molar-refractivity contribution in [2.24, 2.45) is 0 Å². The molecule has 0 fully saturated rings. The molecule has 0 amide bonds. The van der Waals surface area contributed by atoms with Crippen molar-refractivity contribution in [3.8, 4) is 11.4 Å². The number of fused-ring (bicyclic) bond motifs is 6. The number of nitrogens with zero attached hydrogens (tertiary/aromatic N) is 2. The van der Waals surface area contributed by atoms with Crippen LogP contribution in [0.1, 0.15) is 0 Å². The van der Waals surface area contributed by atoms with Crippen molar-refractivity contribution in [2.75, 3.05) is 0 Å². The molecule has 5 rings (SSSR count). The first-order valence-electron chi connectivity index (χ1n) is 7.83. The second kappa shape index (κ2) is 5.26. The Bertz CT molecular complexity index is 1180. The zero-order valence-electron chi connectivity index (χ0n) is 12.9. The van der Waals surface area contributed by atoms with E-state index in [1.54, 1.807) is 18.3 Å². The molecule has 0 unspecified atom stereocenters. The number of imidazole rings is 1. The molecule has 2 heterocycles. The summed E-state index contributed by atoms with van der Waals surface area (Å²) in [5.41, 5.74) is 2.62. The Kier molecular flexibility index (Phi) is 3.02. The summed E-state index contributed by atoms with van der Waals surface area (Å²) in [6, 6.07) is 16.6. The molecule has 25 heavy (non-hydrogen) atoms. The molecule has 0 aliphatic carbocycles. The van der Waals surface area contributed by atoms with Gasteiger partial charge in [-0.1, -0.05) is 48.0 Å². The highest BCUT2D eigenvalue weighted by molar-refractivity contribution is 6.33. The molecule has 0 bridgehead atoms. The molecule has 3 nitrogen and oxygen atoms in total.